The lowest BCUT2D eigenvalue weighted by Crippen LogP contribution is -2.55. The van der Waals surface area contributed by atoms with Gasteiger partial charge in [-0.1, -0.05) is 11.6 Å². The number of hydrogen-bond acceptors (Lipinski definition) is 2. The van der Waals surface area contributed by atoms with Crippen LogP contribution < -0.4 is 10.6 Å². The van der Waals surface area contributed by atoms with Crippen LogP contribution in [0.4, 0.5) is 10.5 Å². The fourth-order valence-electron chi connectivity index (χ4n) is 2.22. The van der Waals surface area contributed by atoms with Crippen LogP contribution in [0, 0.1) is 0 Å². The van der Waals surface area contributed by atoms with E-state index in [1.54, 1.807) is 18.2 Å². The summed E-state index contributed by atoms with van der Waals surface area (Å²) >= 11 is 9.21. The molecule has 7 heteroatoms. The summed E-state index contributed by atoms with van der Waals surface area (Å²) in [4.78, 5) is 22.8. The SMILES string of the molecule is O=C(O)CC1(NC(=O)Nc2ccc(Br)c(Cl)c2)CCC1. The van der Waals surface area contributed by atoms with Crippen LogP contribution in [0.5, 0.6) is 0 Å². The van der Waals surface area contributed by atoms with Crippen LogP contribution in [0.1, 0.15) is 25.7 Å². The zero-order chi connectivity index (χ0) is 14.8. The third-order valence-electron chi connectivity index (χ3n) is 3.36. The van der Waals surface area contributed by atoms with Crippen LogP contribution in [0.25, 0.3) is 0 Å². The molecule has 0 atom stereocenters. The molecule has 1 aliphatic rings. The van der Waals surface area contributed by atoms with Gasteiger partial charge in [-0.2, -0.15) is 0 Å². The molecule has 0 radical (unpaired) electrons. The first-order chi connectivity index (χ1) is 9.40. The number of benzene rings is 1. The molecule has 1 aromatic rings. The quantitative estimate of drug-likeness (QED) is 0.766. The molecule has 3 N–H and O–H groups in total. The van der Waals surface area contributed by atoms with Gasteiger partial charge in [0.25, 0.3) is 0 Å². The number of amides is 2. The molecule has 1 saturated carbocycles. The smallest absolute Gasteiger partial charge is 0.319 e. The molecular formula is C13H14BrClN2O3. The fourth-order valence-corrected chi connectivity index (χ4v) is 2.64. The number of nitrogens with one attached hydrogen (secondary N) is 2. The molecule has 108 valence electrons. The highest BCUT2D eigenvalue weighted by Gasteiger charge is 2.40. The first-order valence-electron chi connectivity index (χ1n) is 6.16. The lowest BCUT2D eigenvalue weighted by atomic mass is 9.74. The fraction of sp³-hybridized carbons (Fsp3) is 0.385. The second kappa shape index (κ2) is 6.01. The van der Waals surface area contributed by atoms with Gasteiger partial charge >= 0.3 is 12.0 Å². The average molecular weight is 362 g/mol. The number of urea groups is 1. The normalized spacial score (nSPS) is 16.1. The number of halogens is 2. The molecule has 0 heterocycles. The minimum atomic E-state index is -0.906. The summed E-state index contributed by atoms with van der Waals surface area (Å²) in [5.74, 6) is -0.906. The van der Waals surface area contributed by atoms with Gasteiger partial charge in [0.1, 0.15) is 0 Å². The first-order valence-corrected chi connectivity index (χ1v) is 7.33. The van der Waals surface area contributed by atoms with Crippen LogP contribution in [-0.2, 0) is 4.79 Å². The number of rotatable bonds is 4. The summed E-state index contributed by atoms with van der Waals surface area (Å²) in [6.45, 7) is 0. The molecule has 1 aliphatic carbocycles. The summed E-state index contributed by atoms with van der Waals surface area (Å²) in [7, 11) is 0. The van der Waals surface area contributed by atoms with Crippen molar-refractivity contribution in [1.29, 1.82) is 0 Å². The Bertz CT molecular complexity index is 546. The standard InChI is InChI=1S/C13H14BrClN2O3/c14-9-3-2-8(6-10(9)15)16-12(20)17-13(4-1-5-13)7-11(18)19/h2-3,6H,1,4-5,7H2,(H,18,19)(H2,16,17,20). The van der Waals surface area contributed by atoms with Crippen molar-refractivity contribution in [2.75, 3.05) is 5.32 Å². The molecule has 1 aromatic carbocycles. The number of carboxylic acid groups (broad SMARTS) is 1. The largest absolute Gasteiger partial charge is 0.481 e. The monoisotopic (exact) mass is 360 g/mol. The van der Waals surface area contributed by atoms with Gasteiger partial charge < -0.3 is 15.7 Å². The highest BCUT2D eigenvalue weighted by molar-refractivity contribution is 9.10. The Hall–Kier alpha value is -1.27. The molecule has 0 bridgehead atoms. The minimum absolute atomic E-state index is 0.0541. The summed E-state index contributed by atoms with van der Waals surface area (Å²) in [5.41, 5.74) is -0.0600. The van der Waals surface area contributed by atoms with Crippen molar-refractivity contribution in [2.45, 2.75) is 31.2 Å². The zero-order valence-corrected chi connectivity index (χ0v) is 12.9. The highest BCUT2D eigenvalue weighted by atomic mass is 79.9. The molecule has 0 aromatic heterocycles. The topological polar surface area (TPSA) is 78.4 Å². The molecule has 20 heavy (non-hydrogen) atoms. The van der Waals surface area contributed by atoms with Crippen molar-refractivity contribution in [3.8, 4) is 0 Å². The van der Waals surface area contributed by atoms with Gasteiger partial charge in [0.2, 0.25) is 0 Å². The van der Waals surface area contributed by atoms with E-state index in [0.29, 0.717) is 23.6 Å². The van der Waals surface area contributed by atoms with Gasteiger partial charge in [0.05, 0.1) is 17.0 Å². The Morgan fingerprint density at radius 3 is 2.60 bits per heavy atom. The molecule has 0 aliphatic heterocycles. The zero-order valence-electron chi connectivity index (χ0n) is 10.6. The van der Waals surface area contributed by atoms with E-state index in [1.807, 2.05) is 0 Å². The van der Waals surface area contributed by atoms with Crippen molar-refractivity contribution in [3.63, 3.8) is 0 Å². The van der Waals surface area contributed by atoms with Crippen molar-refractivity contribution in [2.24, 2.45) is 0 Å². The van der Waals surface area contributed by atoms with Gasteiger partial charge in [-0.05, 0) is 53.4 Å². The van der Waals surface area contributed by atoms with E-state index in [0.717, 1.165) is 10.9 Å². The second-order valence-electron chi connectivity index (χ2n) is 4.91. The van der Waals surface area contributed by atoms with E-state index in [9.17, 15) is 9.59 Å². The third kappa shape index (κ3) is 3.64. The molecule has 2 rings (SSSR count). The lowest BCUT2D eigenvalue weighted by molar-refractivity contribution is -0.139. The van der Waals surface area contributed by atoms with Crippen molar-refractivity contribution in [1.82, 2.24) is 5.32 Å². The van der Waals surface area contributed by atoms with Crippen molar-refractivity contribution in [3.05, 3.63) is 27.7 Å². The van der Waals surface area contributed by atoms with Crippen molar-refractivity contribution < 1.29 is 14.7 Å². The maximum Gasteiger partial charge on any atom is 0.319 e. The molecular weight excluding hydrogens is 348 g/mol. The number of carbonyl (C=O) groups is 2. The Balaban J connectivity index is 1.97. The molecule has 1 fully saturated rings. The minimum Gasteiger partial charge on any atom is -0.481 e. The number of anilines is 1. The van der Waals surface area contributed by atoms with Crippen molar-refractivity contribution >= 4 is 45.2 Å². The summed E-state index contributed by atoms with van der Waals surface area (Å²) < 4.78 is 0.742. The van der Waals surface area contributed by atoms with Crippen LogP contribution in [0.3, 0.4) is 0 Å². The Labute approximate surface area is 129 Å². The molecule has 0 saturated heterocycles. The number of carboxylic acids is 1. The summed E-state index contributed by atoms with van der Waals surface area (Å²) in [6.07, 6.45) is 2.25. The summed E-state index contributed by atoms with van der Waals surface area (Å²) in [6, 6.07) is 4.65. The Morgan fingerprint density at radius 1 is 1.40 bits per heavy atom. The average Bonchev–Trinajstić information content (AvgIpc) is 2.30. The van der Waals surface area contributed by atoms with E-state index in [1.165, 1.54) is 0 Å². The molecule has 2 amide bonds. The highest BCUT2D eigenvalue weighted by Crippen LogP contribution is 2.35. The van der Waals surface area contributed by atoms with Crippen LogP contribution >= 0.6 is 27.5 Å². The van der Waals surface area contributed by atoms with Crippen LogP contribution in [0.2, 0.25) is 5.02 Å². The first kappa shape index (κ1) is 15.1. The van der Waals surface area contributed by atoms with Crippen LogP contribution in [0.15, 0.2) is 22.7 Å². The van der Waals surface area contributed by atoms with Gasteiger partial charge in [-0.25, -0.2) is 4.79 Å². The van der Waals surface area contributed by atoms with Crippen LogP contribution in [-0.4, -0.2) is 22.6 Å². The summed E-state index contributed by atoms with van der Waals surface area (Å²) in [5, 5.41) is 14.8. The van der Waals surface area contributed by atoms with E-state index in [-0.39, 0.29) is 6.42 Å². The lowest BCUT2D eigenvalue weighted by Gasteiger charge is -2.41. The van der Waals surface area contributed by atoms with Gasteiger partial charge in [-0.3, -0.25) is 4.79 Å². The van der Waals surface area contributed by atoms with Gasteiger partial charge in [-0.15, -0.1) is 0 Å². The van der Waals surface area contributed by atoms with E-state index < -0.39 is 17.5 Å². The molecule has 5 nitrogen and oxygen atoms in total. The maximum atomic E-state index is 11.9. The van der Waals surface area contributed by atoms with Gasteiger partial charge in [0.15, 0.2) is 0 Å². The molecule has 0 spiro atoms. The van der Waals surface area contributed by atoms with E-state index in [4.69, 9.17) is 16.7 Å². The number of carbonyl (C=O) groups excluding carboxylic acids is 1. The number of aliphatic carboxylic acids is 1. The Kier molecular flexibility index (Phi) is 4.55. The third-order valence-corrected chi connectivity index (χ3v) is 4.59. The Morgan fingerprint density at radius 2 is 2.10 bits per heavy atom. The second-order valence-corrected chi connectivity index (χ2v) is 6.17. The van der Waals surface area contributed by atoms with E-state index >= 15 is 0 Å². The molecule has 0 unspecified atom stereocenters. The predicted octanol–water partition coefficient (Wildman–Crippen LogP) is 3.62. The van der Waals surface area contributed by atoms with E-state index in [2.05, 4.69) is 26.6 Å². The maximum absolute atomic E-state index is 11.9. The van der Waals surface area contributed by atoms with Gasteiger partial charge in [0, 0.05) is 10.2 Å². The predicted molar refractivity (Wildman–Crippen MR) is 80.1 cm³/mol. The number of hydrogen-bond donors (Lipinski definition) is 3.